The molecule has 1 aromatic heterocycles. The van der Waals surface area contributed by atoms with Gasteiger partial charge in [0.25, 0.3) is 0 Å². The van der Waals surface area contributed by atoms with Crippen LogP contribution in [0.25, 0.3) is 0 Å². The Bertz CT molecular complexity index is 3260. The largest absolute Gasteiger partial charge is 0.453 e. The summed E-state index contributed by atoms with van der Waals surface area (Å²) < 4.78 is 26.5. The summed E-state index contributed by atoms with van der Waals surface area (Å²) in [4.78, 5) is 14.4. The van der Waals surface area contributed by atoms with Gasteiger partial charge in [0, 0.05) is 0 Å². The molecule has 0 saturated heterocycles. The monoisotopic (exact) mass is 828 g/mol. The fourth-order valence-electron chi connectivity index (χ4n) is 9.14. The molecule has 302 valence electrons. The van der Waals surface area contributed by atoms with Crippen LogP contribution in [0.4, 0.5) is 68.5 Å². The van der Waals surface area contributed by atoms with E-state index < -0.39 is 0 Å². The van der Waals surface area contributed by atoms with Crippen LogP contribution in [-0.4, -0.2) is 4.98 Å². The van der Waals surface area contributed by atoms with E-state index in [-0.39, 0.29) is 0 Å². The van der Waals surface area contributed by atoms with Gasteiger partial charge in [-0.15, -0.1) is 0 Å². The summed E-state index contributed by atoms with van der Waals surface area (Å²) in [5.74, 6) is 5.98. The maximum absolute atomic E-state index is 12.1. The van der Waals surface area contributed by atoms with Gasteiger partial charge in [0.05, 0.1) is 51.2 Å². The summed E-state index contributed by atoms with van der Waals surface area (Å²) in [6, 6.07) is 66.1. The van der Waals surface area contributed by atoms with Crippen molar-refractivity contribution in [2.75, 3.05) is 19.6 Å². The maximum Gasteiger partial charge on any atom is 0.166 e. The van der Waals surface area contributed by atoms with Crippen LogP contribution < -0.4 is 38.5 Å². The molecule has 0 aliphatic carbocycles. The Morgan fingerprint density at radius 1 is 0.297 bits per heavy atom. The number of ether oxygens (including phenoxy) is 4. The molecule has 0 spiro atoms. The molecule has 10 heteroatoms. The Morgan fingerprint density at radius 2 is 0.531 bits per heavy atom. The van der Waals surface area contributed by atoms with E-state index in [2.05, 4.69) is 20.8 Å². The van der Waals surface area contributed by atoms with Crippen LogP contribution in [0, 0.1) is 11.3 Å². The highest BCUT2D eigenvalue weighted by atomic mass is 16.5. The second kappa shape index (κ2) is 13.9. The van der Waals surface area contributed by atoms with E-state index in [4.69, 9.17) is 23.9 Å². The minimum absolute atomic E-state index is 0.299. The number of rotatable bonds is 4. The first-order chi connectivity index (χ1) is 31.7. The Morgan fingerprint density at radius 3 is 0.812 bits per heavy atom. The first-order valence-corrected chi connectivity index (χ1v) is 20.9. The lowest BCUT2D eigenvalue weighted by Crippen LogP contribution is -2.28. The Balaban J connectivity index is 1.26. The molecule has 0 radical (unpaired) electrons. The minimum atomic E-state index is 0.299. The molecule has 0 N–H and O–H groups in total. The number of hydrogen-bond donors (Lipinski definition) is 0. The van der Waals surface area contributed by atoms with Crippen LogP contribution in [-0.2, 0) is 0 Å². The maximum atomic E-state index is 12.1. The van der Waals surface area contributed by atoms with Crippen LogP contribution in [0.2, 0.25) is 0 Å². The lowest BCUT2D eigenvalue weighted by molar-refractivity contribution is 0.475. The van der Waals surface area contributed by atoms with E-state index in [9.17, 15) is 5.26 Å². The molecule has 0 bridgehead atoms. The number of nitrogens with zero attached hydrogens (tertiary/aromatic N) is 6. The Hall–Kier alpha value is -9.20. The van der Waals surface area contributed by atoms with Gasteiger partial charge in [-0.05, 0) is 97.1 Å². The van der Waals surface area contributed by atoms with Crippen molar-refractivity contribution in [1.29, 1.82) is 5.26 Å². The highest BCUT2D eigenvalue weighted by Gasteiger charge is 2.42. The molecule has 13 rings (SSSR count). The van der Waals surface area contributed by atoms with E-state index >= 15 is 0 Å². The van der Waals surface area contributed by atoms with Gasteiger partial charge >= 0.3 is 0 Å². The third-order valence-corrected chi connectivity index (χ3v) is 11.8. The predicted molar refractivity (Wildman–Crippen MR) is 248 cm³/mol. The number of aromatic nitrogens is 1. The molecule has 0 fully saturated rings. The van der Waals surface area contributed by atoms with Gasteiger partial charge in [-0.25, -0.2) is 4.98 Å². The predicted octanol–water partition coefficient (Wildman–Crippen LogP) is 15.3. The number of hydrogen-bond acceptors (Lipinski definition) is 10. The fourth-order valence-corrected chi connectivity index (χ4v) is 9.14. The van der Waals surface area contributed by atoms with Crippen molar-refractivity contribution >= 4 is 68.5 Å². The molecular formula is C54H32N6O4. The fraction of sp³-hybridized carbons (Fsp3) is 0. The molecular weight excluding hydrogens is 797 g/mol. The summed E-state index contributed by atoms with van der Waals surface area (Å²) in [5, 5.41) is 12.1. The van der Waals surface area contributed by atoms with E-state index in [0.29, 0.717) is 74.6 Å². The number of para-hydroxylation sites is 16. The van der Waals surface area contributed by atoms with Gasteiger partial charge in [-0.1, -0.05) is 97.1 Å². The van der Waals surface area contributed by atoms with Crippen LogP contribution in [0.5, 0.6) is 46.0 Å². The second-order valence-electron chi connectivity index (χ2n) is 15.4. The SMILES string of the molecule is N#Cc1c(N2c3ccccc3Oc3ccccc32)nc(N2c3ccccc3Oc3ccccc32)c(N2c3ccccc3Oc3ccccc32)c1N1c2ccccc2Oc2ccccc21. The quantitative estimate of drug-likeness (QED) is 0.171. The van der Waals surface area contributed by atoms with E-state index in [1.165, 1.54) is 0 Å². The molecule has 9 aromatic rings. The summed E-state index contributed by atoms with van der Waals surface area (Å²) in [6.45, 7) is 0. The Kier molecular flexibility index (Phi) is 7.73. The number of benzene rings is 8. The number of pyridine rings is 1. The average Bonchev–Trinajstić information content (AvgIpc) is 3.35. The summed E-state index contributed by atoms with van der Waals surface area (Å²) in [7, 11) is 0. The van der Waals surface area contributed by atoms with E-state index in [0.717, 1.165) is 45.5 Å². The van der Waals surface area contributed by atoms with Crippen molar-refractivity contribution in [2.45, 2.75) is 0 Å². The molecule has 0 atom stereocenters. The van der Waals surface area contributed by atoms with Gasteiger partial charge < -0.3 is 18.9 Å². The number of fused-ring (bicyclic) bond motifs is 8. The third-order valence-electron chi connectivity index (χ3n) is 11.8. The molecule has 4 aliphatic heterocycles. The van der Waals surface area contributed by atoms with Gasteiger partial charge in [0.2, 0.25) is 0 Å². The molecule has 64 heavy (non-hydrogen) atoms. The lowest BCUT2D eigenvalue weighted by atomic mass is 10.0. The van der Waals surface area contributed by atoms with E-state index in [1.807, 2.05) is 199 Å². The molecule has 5 heterocycles. The highest BCUT2D eigenvalue weighted by molar-refractivity contribution is 6.08. The molecule has 0 unspecified atom stereocenters. The standard InChI is InChI=1S/C54H32N6O4/c55-33-34-51(57-35-17-1-9-25-43(35)61-44-26-10-2-18-36(44)57)52(58-37-19-3-11-27-45(37)62-46-28-12-4-20-38(46)58)54(60-41-23-7-15-31-49(41)64-50-32-16-8-24-42(50)60)56-53(34)59-39-21-5-13-29-47(39)63-48-30-14-6-22-40(48)59/h1-32H. The van der Waals surface area contributed by atoms with Crippen molar-refractivity contribution in [1.82, 2.24) is 4.98 Å². The summed E-state index contributed by atoms with van der Waals surface area (Å²) in [6.07, 6.45) is 0. The van der Waals surface area contributed by atoms with Crippen LogP contribution in [0.15, 0.2) is 194 Å². The normalized spacial score (nSPS) is 13.4. The van der Waals surface area contributed by atoms with Gasteiger partial charge in [-0.3, -0.25) is 19.6 Å². The number of anilines is 12. The number of nitriles is 1. The van der Waals surface area contributed by atoms with Crippen molar-refractivity contribution < 1.29 is 18.9 Å². The zero-order valence-corrected chi connectivity index (χ0v) is 33.8. The second-order valence-corrected chi connectivity index (χ2v) is 15.4. The minimum Gasteiger partial charge on any atom is -0.453 e. The smallest absolute Gasteiger partial charge is 0.166 e. The topological polar surface area (TPSA) is 86.6 Å². The molecule has 0 saturated carbocycles. The zero-order chi connectivity index (χ0) is 42.3. The van der Waals surface area contributed by atoms with Crippen molar-refractivity contribution in [3.63, 3.8) is 0 Å². The molecule has 4 aliphatic rings. The van der Waals surface area contributed by atoms with Crippen molar-refractivity contribution in [2.24, 2.45) is 0 Å². The lowest BCUT2D eigenvalue weighted by Gasteiger charge is -2.42. The van der Waals surface area contributed by atoms with E-state index in [1.54, 1.807) is 0 Å². The summed E-state index contributed by atoms with van der Waals surface area (Å²) in [5.41, 5.74) is 7.43. The highest BCUT2D eigenvalue weighted by Crippen LogP contribution is 2.64. The van der Waals surface area contributed by atoms with Crippen molar-refractivity contribution in [3.8, 4) is 52.1 Å². The Labute approximate surface area is 367 Å². The van der Waals surface area contributed by atoms with Crippen molar-refractivity contribution in [3.05, 3.63) is 200 Å². The molecule has 0 amide bonds. The van der Waals surface area contributed by atoms with Crippen LogP contribution in [0.3, 0.4) is 0 Å². The summed E-state index contributed by atoms with van der Waals surface area (Å²) >= 11 is 0. The van der Waals surface area contributed by atoms with Gasteiger partial charge in [-0.2, -0.15) is 5.26 Å². The average molecular weight is 829 g/mol. The van der Waals surface area contributed by atoms with Crippen LogP contribution in [0.1, 0.15) is 5.56 Å². The van der Waals surface area contributed by atoms with Gasteiger partial charge in [0.15, 0.2) is 57.6 Å². The van der Waals surface area contributed by atoms with Crippen LogP contribution >= 0.6 is 0 Å². The first kappa shape index (κ1) is 35.5. The first-order valence-electron chi connectivity index (χ1n) is 20.9. The molecule has 8 aromatic carbocycles. The van der Waals surface area contributed by atoms with Gasteiger partial charge in [0.1, 0.15) is 17.3 Å². The third kappa shape index (κ3) is 5.22. The zero-order valence-electron chi connectivity index (χ0n) is 33.8. The molecule has 10 nitrogen and oxygen atoms in total.